The number of halogens is 2. The summed E-state index contributed by atoms with van der Waals surface area (Å²) < 4.78 is 0. The lowest BCUT2D eigenvalue weighted by Crippen LogP contribution is -2.27. The van der Waals surface area contributed by atoms with E-state index < -0.39 is 5.97 Å². The Morgan fingerprint density at radius 3 is 2.65 bits per heavy atom. The van der Waals surface area contributed by atoms with Crippen LogP contribution in [0.3, 0.4) is 0 Å². The van der Waals surface area contributed by atoms with Gasteiger partial charge in [-0.2, -0.15) is 0 Å². The largest absolute Gasteiger partial charge is 0.481 e. The lowest BCUT2D eigenvalue weighted by molar-refractivity contribution is -0.136. The molecule has 17 heavy (non-hydrogen) atoms. The van der Waals surface area contributed by atoms with E-state index >= 15 is 0 Å². The minimum atomic E-state index is -0.816. The number of carboxylic acid groups (broad SMARTS) is 1. The van der Waals surface area contributed by atoms with Crippen molar-refractivity contribution < 1.29 is 9.90 Å². The number of nitrogens with zero attached hydrogens (tertiary/aromatic N) is 1. The van der Waals surface area contributed by atoms with Crippen molar-refractivity contribution in [1.82, 2.24) is 0 Å². The minimum absolute atomic E-state index is 0.0862. The second-order valence-electron chi connectivity index (χ2n) is 3.70. The zero-order chi connectivity index (χ0) is 12.8. The maximum Gasteiger partial charge on any atom is 0.305 e. The Kier molecular flexibility index (Phi) is 5.59. The van der Waals surface area contributed by atoms with Crippen LogP contribution in [-0.4, -0.2) is 24.2 Å². The maximum atomic E-state index is 10.6. The van der Waals surface area contributed by atoms with Crippen LogP contribution in [0.2, 0.25) is 10.0 Å². The average Bonchev–Trinajstić information content (AvgIpc) is 2.28. The third kappa shape index (κ3) is 4.10. The summed E-state index contributed by atoms with van der Waals surface area (Å²) in [6.45, 7) is 3.22. The molecule has 5 heteroatoms. The van der Waals surface area contributed by atoms with Gasteiger partial charge >= 0.3 is 5.97 Å². The third-order valence-corrected chi connectivity index (χ3v) is 3.17. The highest BCUT2D eigenvalue weighted by Crippen LogP contribution is 2.32. The van der Waals surface area contributed by atoms with Gasteiger partial charge in [0.15, 0.2) is 0 Å². The molecule has 3 nitrogen and oxygen atoms in total. The van der Waals surface area contributed by atoms with Crippen LogP contribution < -0.4 is 4.90 Å². The Labute approximate surface area is 111 Å². The predicted molar refractivity (Wildman–Crippen MR) is 71.2 cm³/mol. The molecule has 0 saturated heterocycles. The van der Waals surface area contributed by atoms with Crippen LogP contribution >= 0.6 is 23.2 Å². The Hall–Kier alpha value is -0.930. The van der Waals surface area contributed by atoms with Crippen LogP contribution in [0.4, 0.5) is 5.69 Å². The molecule has 0 atom stereocenters. The number of carbonyl (C=O) groups is 1. The molecule has 1 aromatic rings. The lowest BCUT2D eigenvalue weighted by atomic mass is 10.2. The van der Waals surface area contributed by atoms with Gasteiger partial charge in [-0.25, -0.2) is 0 Å². The maximum absolute atomic E-state index is 10.6. The SMILES string of the molecule is CCCN(CCC(=O)O)c1cccc(Cl)c1Cl. The smallest absolute Gasteiger partial charge is 0.305 e. The molecule has 0 aromatic heterocycles. The molecule has 0 amide bonds. The van der Waals surface area contributed by atoms with Gasteiger partial charge in [-0.05, 0) is 18.6 Å². The van der Waals surface area contributed by atoms with Crippen molar-refractivity contribution in [2.75, 3.05) is 18.0 Å². The van der Waals surface area contributed by atoms with Gasteiger partial charge < -0.3 is 10.0 Å². The van der Waals surface area contributed by atoms with Crippen molar-refractivity contribution in [1.29, 1.82) is 0 Å². The van der Waals surface area contributed by atoms with E-state index in [0.717, 1.165) is 18.7 Å². The van der Waals surface area contributed by atoms with Crippen molar-refractivity contribution in [3.63, 3.8) is 0 Å². The van der Waals surface area contributed by atoms with Gasteiger partial charge in [0.2, 0.25) is 0 Å². The first-order valence-corrected chi connectivity index (χ1v) is 6.22. The summed E-state index contributed by atoms with van der Waals surface area (Å²) in [6, 6.07) is 5.38. The topological polar surface area (TPSA) is 40.5 Å². The van der Waals surface area contributed by atoms with Crippen molar-refractivity contribution in [3.05, 3.63) is 28.2 Å². The molecule has 1 aromatic carbocycles. The Balaban J connectivity index is 2.88. The fraction of sp³-hybridized carbons (Fsp3) is 0.417. The predicted octanol–water partition coefficient (Wildman–Crippen LogP) is 3.68. The molecular weight excluding hydrogens is 261 g/mol. The van der Waals surface area contributed by atoms with E-state index in [9.17, 15) is 4.79 Å². The molecular formula is C12H15Cl2NO2. The van der Waals surface area contributed by atoms with E-state index in [0.29, 0.717) is 16.6 Å². The van der Waals surface area contributed by atoms with E-state index in [1.54, 1.807) is 6.07 Å². The summed E-state index contributed by atoms with van der Waals surface area (Å²) in [6.07, 6.45) is 1.01. The van der Waals surface area contributed by atoms with Crippen LogP contribution in [0.1, 0.15) is 19.8 Å². The molecule has 0 spiro atoms. The summed E-state index contributed by atoms with van der Waals surface area (Å²) in [4.78, 5) is 12.6. The van der Waals surface area contributed by atoms with Gasteiger partial charge in [-0.15, -0.1) is 0 Å². The third-order valence-electron chi connectivity index (χ3n) is 2.36. The van der Waals surface area contributed by atoms with Crippen LogP contribution in [0.5, 0.6) is 0 Å². The van der Waals surface area contributed by atoms with Gasteiger partial charge in [0.25, 0.3) is 0 Å². The van der Waals surface area contributed by atoms with Crippen LogP contribution in [0.25, 0.3) is 0 Å². The van der Waals surface area contributed by atoms with Crippen LogP contribution in [0.15, 0.2) is 18.2 Å². The summed E-state index contributed by atoms with van der Waals surface area (Å²) in [7, 11) is 0. The summed E-state index contributed by atoms with van der Waals surface area (Å²) in [5.74, 6) is -0.816. The molecule has 0 aliphatic heterocycles. The summed E-state index contributed by atoms with van der Waals surface area (Å²) >= 11 is 12.1. The van der Waals surface area contributed by atoms with Crippen molar-refractivity contribution >= 4 is 34.9 Å². The molecule has 0 fully saturated rings. The second kappa shape index (κ2) is 6.72. The zero-order valence-electron chi connectivity index (χ0n) is 9.62. The molecule has 0 bridgehead atoms. The average molecular weight is 276 g/mol. The fourth-order valence-corrected chi connectivity index (χ4v) is 2.00. The van der Waals surface area contributed by atoms with Gasteiger partial charge in [-0.3, -0.25) is 4.79 Å². The molecule has 1 N–H and O–H groups in total. The fourth-order valence-electron chi connectivity index (χ4n) is 1.59. The molecule has 0 aliphatic rings. The molecule has 94 valence electrons. The highest BCUT2D eigenvalue weighted by atomic mass is 35.5. The Morgan fingerprint density at radius 1 is 1.35 bits per heavy atom. The van der Waals surface area contributed by atoms with Crippen molar-refractivity contribution in [2.45, 2.75) is 19.8 Å². The Bertz CT molecular complexity index is 396. The molecule has 0 aliphatic carbocycles. The highest BCUT2D eigenvalue weighted by molar-refractivity contribution is 6.43. The summed E-state index contributed by atoms with van der Waals surface area (Å²) in [5, 5.41) is 9.68. The van der Waals surface area contributed by atoms with E-state index in [2.05, 4.69) is 0 Å². The lowest BCUT2D eigenvalue weighted by Gasteiger charge is -2.25. The van der Waals surface area contributed by atoms with E-state index in [4.69, 9.17) is 28.3 Å². The number of rotatable bonds is 6. The Morgan fingerprint density at radius 2 is 2.06 bits per heavy atom. The van der Waals surface area contributed by atoms with Crippen molar-refractivity contribution in [2.24, 2.45) is 0 Å². The molecule has 0 unspecified atom stereocenters. The number of benzene rings is 1. The number of hydrogen-bond donors (Lipinski definition) is 1. The van der Waals surface area contributed by atoms with Gasteiger partial charge in [-0.1, -0.05) is 36.2 Å². The minimum Gasteiger partial charge on any atom is -0.481 e. The van der Waals surface area contributed by atoms with Gasteiger partial charge in [0.1, 0.15) is 0 Å². The van der Waals surface area contributed by atoms with E-state index in [1.807, 2.05) is 24.0 Å². The molecule has 0 saturated carbocycles. The van der Waals surface area contributed by atoms with E-state index in [1.165, 1.54) is 0 Å². The normalized spacial score (nSPS) is 10.3. The number of carboxylic acids is 1. The first-order chi connectivity index (χ1) is 8.06. The van der Waals surface area contributed by atoms with Gasteiger partial charge in [0, 0.05) is 13.1 Å². The monoisotopic (exact) mass is 275 g/mol. The quantitative estimate of drug-likeness (QED) is 0.861. The summed E-state index contributed by atoms with van der Waals surface area (Å²) in [5.41, 5.74) is 0.794. The standard InChI is InChI=1S/C12H15Cl2NO2/c1-2-7-15(8-6-11(16)17)10-5-3-4-9(13)12(10)14/h3-5H,2,6-8H2,1H3,(H,16,17). The van der Waals surface area contributed by atoms with Crippen LogP contribution in [0, 0.1) is 0 Å². The second-order valence-corrected chi connectivity index (χ2v) is 4.49. The number of anilines is 1. The van der Waals surface area contributed by atoms with E-state index in [-0.39, 0.29) is 6.42 Å². The molecule has 1 rings (SSSR count). The number of hydrogen-bond acceptors (Lipinski definition) is 2. The number of aliphatic carboxylic acids is 1. The molecule has 0 radical (unpaired) electrons. The zero-order valence-corrected chi connectivity index (χ0v) is 11.1. The van der Waals surface area contributed by atoms with Crippen LogP contribution in [-0.2, 0) is 4.79 Å². The first-order valence-electron chi connectivity index (χ1n) is 5.47. The molecule has 0 heterocycles. The van der Waals surface area contributed by atoms with Gasteiger partial charge in [0.05, 0.1) is 22.2 Å². The van der Waals surface area contributed by atoms with Crippen molar-refractivity contribution in [3.8, 4) is 0 Å². The highest BCUT2D eigenvalue weighted by Gasteiger charge is 2.12. The first kappa shape index (κ1) is 14.1.